The molecule has 0 aliphatic carbocycles. The normalized spacial score (nSPS) is 20.2. The van der Waals surface area contributed by atoms with Crippen LogP contribution in [0.15, 0.2) is 12.1 Å². The maximum atomic E-state index is 11.5. The largest absolute Gasteiger partial charge is 0.326 e. The van der Waals surface area contributed by atoms with Gasteiger partial charge in [0.2, 0.25) is 5.91 Å². The van der Waals surface area contributed by atoms with Crippen LogP contribution < -0.4 is 5.32 Å². The van der Waals surface area contributed by atoms with Gasteiger partial charge >= 0.3 is 0 Å². The molecule has 1 heterocycles. The van der Waals surface area contributed by atoms with Crippen LogP contribution in [-0.4, -0.2) is 5.91 Å². The van der Waals surface area contributed by atoms with Crippen LogP contribution in [0.4, 0.5) is 5.69 Å². The molecule has 2 heteroatoms. The van der Waals surface area contributed by atoms with Crippen LogP contribution in [0, 0.1) is 19.8 Å². The third-order valence-electron chi connectivity index (χ3n) is 2.83. The van der Waals surface area contributed by atoms with Gasteiger partial charge in [0.15, 0.2) is 0 Å². The minimum atomic E-state index is 0.101. The number of hydrogen-bond donors (Lipinski definition) is 1. The van der Waals surface area contributed by atoms with E-state index in [1.54, 1.807) is 0 Å². The Balaban J connectivity index is 2.51. The Morgan fingerprint density at radius 2 is 2.07 bits per heavy atom. The van der Waals surface area contributed by atoms with Crippen molar-refractivity contribution in [3.05, 3.63) is 28.8 Å². The predicted octanol–water partition coefficient (Wildman–Crippen LogP) is 2.43. The number of aryl methyl sites for hydroxylation is 2. The lowest BCUT2D eigenvalue weighted by atomic mass is 9.90. The molecule has 1 aliphatic rings. The summed E-state index contributed by atoms with van der Waals surface area (Å²) in [6.07, 6.45) is 0.868. The van der Waals surface area contributed by atoms with Gasteiger partial charge in [-0.05, 0) is 43.0 Å². The van der Waals surface area contributed by atoms with Crippen LogP contribution in [0.25, 0.3) is 0 Å². The number of carbonyl (C=O) groups excluding carboxylic acids is 1. The Kier molecular flexibility index (Phi) is 2.06. The summed E-state index contributed by atoms with van der Waals surface area (Å²) in [4.78, 5) is 11.5. The zero-order chi connectivity index (χ0) is 10.3. The van der Waals surface area contributed by atoms with Gasteiger partial charge in [-0.3, -0.25) is 4.79 Å². The molecule has 2 rings (SSSR count). The summed E-state index contributed by atoms with van der Waals surface area (Å²) >= 11 is 0. The first kappa shape index (κ1) is 9.25. The van der Waals surface area contributed by atoms with Gasteiger partial charge in [0.1, 0.15) is 0 Å². The van der Waals surface area contributed by atoms with Gasteiger partial charge in [-0.2, -0.15) is 0 Å². The lowest BCUT2D eigenvalue weighted by molar-refractivity contribution is -0.119. The van der Waals surface area contributed by atoms with Crippen LogP contribution in [0.1, 0.15) is 23.6 Å². The van der Waals surface area contributed by atoms with Crippen LogP contribution in [-0.2, 0) is 11.2 Å². The standard InChI is InChI=1S/C12H15NO/c1-7-4-8(2)10-6-9(3)12(14)13-11(10)5-7/h4-5,9H,6H2,1-3H3,(H,13,14). The average Bonchev–Trinajstić information content (AvgIpc) is 2.08. The van der Waals surface area contributed by atoms with Crippen molar-refractivity contribution in [2.24, 2.45) is 5.92 Å². The first-order chi connectivity index (χ1) is 6.58. The maximum absolute atomic E-state index is 11.5. The number of amides is 1. The molecule has 1 unspecified atom stereocenters. The first-order valence-corrected chi connectivity index (χ1v) is 4.99. The average molecular weight is 189 g/mol. The molecule has 1 atom stereocenters. The number of rotatable bonds is 0. The Hall–Kier alpha value is -1.31. The molecule has 0 fully saturated rings. The molecule has 1 aromatic carbocycles. The highest BCUT2D eigenvalue weighted by atomic mass is 16.1. The lowest BCUT2D eigenvalue weighted by Gasteiger charge is -2.24. The van der Waals surface area contributed by atoms with Crippen LogP contribution in [0.5, 0.6) is 0 Å². The lowest BCUT2D eigenvalue weighted by Crippen LogP contribution is -2.28. The summed E-state index contributed by atoms with van der Waals surface area (Å²) in [6.45, 7) is 6.13. The van der Waals surface area contributed by atoms with Crippen molar-refractivity contribution >= 4 is 11.6 Å². The molecule has 1 N–H and O–H groups in total. The summed E-state index contributed by atoms with van der Waals surface area (Å²) in [6, 6.07) is 4.22. The topological polar surface area (TPSA) is 29.1 Å². The predicted molar refractivity (Wildman–Crippen MR) is 57.4 cm³/mol. The summed E-state index contributed by atoms with van der Waals surface area (Å²) in [5.74, 6) is 0.242. The highest BCUT2D eigenvalue weighted by Gasteiger charge is 2.23. The second-order valence-corrected chi connectivity index (χ2v) is 4.20. The Morgan fingerprint density at radius 1 is 1.36 bits per heavy atom. The molecule has 0 radical (unpaired) electrons. The van der Waals surface area contributed by atoms with Crippen LogP contribution in [0.2, 0.25) is 0 Å². The van der Waals surface area contributed by atoms with Gasteiger partial charge in [-0.1, -0.05) is 13.0 Å². The van der Waals surface area contributed by atoms with Crippen LogP contribution in [0.3, 0.4) is 0 Å². The van der Waals surface area contributed by atoms with Gasteiger partial charge in [0.05, 0.1) is 0 Å². The quantitative estimate of drug-likeness (QED) is 0.667. The van der Waals surface area contributed by atoms with Gasteiger partial charge in [-0.15, -0.1) is 0 Å². The fourth-order valence-electron chi connectivity index (χ4n) is 2.03. The minimum absolute atomic E-state index is 0.101. The molecular weight excluding hydrogens is 174 g/mol. The summed E-state index contributed by atoms with van der Waals surface area (Å²) in [7, 11) is 0. The molecule has 0 saturated carbocycles. The molecule has 0 bridgehead atoms. The summed E-state index contributed by atoms with van der Waals surface area (Å²) < 4.78 is 0. The van der Waals surface area contributed by atoms with E-state index in [1.165, 1.54) is 16.7 Å². The van der Waals surface area contributed by atoms with E-state index in [2.05, 4.69) is 25.2 Å². The smallest absolute Gasteiger partial charge is 0.227 e. The van der Waals surface area contributed by atoms with Gasteiger partial charge in [0.25, 0.3) is 0 Å². The van der Waals surface area contributed by atoms with E-state index >= 15 is 0 Å². The third-order valence-corrected chi connectivity index (χ3v) is 2.83. The van der Waals surface area contributed by atoms with E-state index in [4.69, 9.17) is 0 Å². The summed E-state index contributed by atoms with van der Waals surface area (Å²) in [5.41, 5.74) is 4.79. The molecule has 0 saturated heterocycles. The highest BCUT2D eigenvalue weighted by molar-refractivity contribution is 5.95. The highest BCUT2D eigenvalue weighted by Crippen LogP contribution is 2.29. The number of hydrogen-bond acceptors (Lipinski definition) is 1. The molecule has 0 aromatic heterocycles. The van der Waals surface area contributed by atoms with Crippen molar-refractivity contribution < 1.29 is 4.79 Å². The number of carbonyl (C=O) groups is 1. The molecule has 14 heavy (non-hydrogen) atoms. The molecule has 1 aliphatic heterocycles. The molecule has 2 nitrogen and oxygen atoms in total. The van der Waals surface area contributed by atoms with E-state index in [0.29, 0.717) is 0 Å². The van der Waals surface area contributed by atoms with Crippen molar-refractivity contribution in [3.8, 4) is 0 Å². The van der Waals surface area contributed by atoms with Crippen molar-refractivity contribution in [2.75, 3.05) is 5.32 Å². The van der Waals surface area contributed by atoms with Crippen LogP contribution >= 0.6 is 0 Å². The second-order valence-electron chi connectivity index (χ2n) is 4.20. The Bertz CT molecular complexity index is 396. The van der Waals surface area contributed by atoms with E-state index < -0.39 is 0 Å². The van der Waals surface area contributed by atoms with Crippen molar-refractivity contribution in [2.45, 2.75) is 27.2 Å². The van der Waals surface area contributed by atoms with Gasteiger partial charge in [-0.25, -0.2) is 0 Å². The maximum Gasteiger partial charge on any atom is 0.227 e. The first-order valence-electron chi connectivity index (χ1n) is 4.99. The third kappa shape index (κ3) is 1.41. The fourth-order valence-corrected chi connectivity index (χ4v) is 2.03. The number of benzene rings is 1. The monoisotopic (exact) mass is 189 g/mol. The SMILES string of the molecule is Cc1cc(C)c2c(c1)NC(=O)C(C)C2. The molecule has 74 valence electrons. The minimum Gasteiger partial charge on any atom is -0.326 e. The zero-order valence-corrected chi connectivity index (χ0v) is 8.85. The van der Waals surface area contributed by atoms with E-state index in [-0.39, 0.29) is 11.8 Å². The zero-order valence-electron chi connectivity index (χ0n) is 8.85. The Morgan fingerprint density at radius 3 is 2.79 bits per heavy atom. The Labute approximate surface area is 84.3 Å². The van der Waals surface area contributed by atoms with E-state index in [0.717, 1.165) is 12.1 Å². The van der Waals surface area contributed by atoms with Crippen molar-refractivity contribution in [3.63, 3.8) is 0 Å². The van der Waals surface area contributed by atoms with Gasteiger partial charge in [0, 0.05) is 11.6 Å². The van der Waals surface area contributed by atoms with Crippen molar-refractivity contribution in [1.82, 2.24) is 0 Å². The number of fused-ring (bicyclic) bond motifs is 1. The van der Waals surface area contributed by atoms with E-state index in [9.17, 15) is 4.79 Å². The van der Waals surface area contributed by atoms with Gasteiger partial charge < -0.3 is 5.32 Å². The molecule has 0 spiro atoms. The molecule has 1 amide bonds. The fraction of sp³-hybridized carbons (Fsp3) is 0.417. The molecule has 1 aromatic rings. The number of nitrogens with one attached hydrogen (secondary N) is 1. The second kappa shape index (κ2) is 3.12. The van der Waals surface area contributed by atoms with Crippen molar-refractivity contribution in [1.29, 1.82) is 0 Å². The summed E-state index contributed by atoms with van der Waals surface area (Å²) in [5, 5.41) is 2.95. The molecular formula is C12H15NO. The van der Waals surface area contributed by atoms with E-state index in [1.807, 2.05) is 13.0 Å². The number of anilines is 1.